The summed E-state index contributed by atoms with van der Waals surface area (Å²) in [5, 5.41) is 3.67. The smallest absolute Gasteiger partial charge is 0.0476 e. The Bertz CT molecular complexity index is 395. The number of hydrogen-bond acceptors (Lipinski definition) is 2. The molecule has 110 valence electrons. The first-order valence-corrected chi connectivity index (χ1v) is 8.38. The summed E-state index contributed by atoms with van der Waals surface area (Å²) < 4.78 is 0. The lowest BCUT2D eigenvalue weighted by Crippen LogP contribution is -2.54. The third-order valence-electron chi connectivity index (χ3n) is 5.02. The monoisotopic (exact) mass is 272 g/mol. The van der Waals surface area contributed by atoms with E-state index in [0.29, 0.717) is 12.1 Å². The van der Waals surface area contributed by atoms with Gasteiger partial charge in [0.2, 0.25) is 0 Å². The molecule has 2 atom stereocenters. The molecular formula is C18H28N2. The van der Waals surface area contributed by atoms with Gasteiger partial charge in [0, 0.05) is 31.2 Å². The van der Waals surface area contributed by atoms with Crippen LogP contribution in [0.4, 0.5) is 0 Å². The molecule has 1 heterocycles. The molecule has 1 N–H and O–H groups in total. The van der Waals surface area contributed by atoms with Crippen molar-refractivity contribution in [2.45, 2.75) is 63.6 Å². The van der Waals surface area contributed by atoms with Crippen molar-refractivity contribution in [3.05, 3.63) is 35.9 Å². The second-order valence-electron chi connectivity index (χ2n) is 6.58. The predicted molar refractivity (Wildman–Crippen MR) is 84.8 cm³/mol. The molecule has 2 fully saturated rings. The van der Waals surface area contributed by atoms with Crippen LogP contribution in [0.2, 0.25) is 0 Å². The van der Waals surface area contributed by atoms with E-state index in [9.17, 15) is 0 Å². The average Bonchev–Trinajstić information content (AvgIpc) is 2.77. The number of rotatable bonds is 2. The van der Waals surface area contributed by atoms with Gasteiger partial charge in [0.15, 0.2) is 0 Å². The van der Waals surface area contributed by atoms with Gasteiger partial charge in [-0.25, -0.2) is 0 Å². The van der Waals surface area contributed by atoms with Crippen molar-refractivity contribution in [2.24, 2.45) is 0 Å². The summed E-state index contributed by atoms with van der Waals surface area (Å²) in [5.41, 5.74) is 1.48. The third-order valence-corrected chi connectivity index (χ3v) is 5.02. The molecule has 20 heavy (non-hydrogen) atoms. The van der Waals surface area contributed by atoms with Gasteiger partial charge in [0.25, 0.3) is 0 Å². The van der Waals surface area contributed by atoms with Gasteiger partial charge in [-0.2, -0.15) is 0 Å². The van der Waals surface area contributed by atoms with Gasteiger partial charge in [0.1, 0.15) is 0 Å². The molecule has 0 amide bonds. The van der Waals surface area contributed by atoms with Crippen LogP contribution in [0.1, 0.15) is 57.1 Å². The molecule has 1 aliphatic carbocycles. The molecule has 0 bridgehead atoms. The molecule has 2 heteroatoms. The molecule has 2 aliphatic rings. The molecule has 1 aromatic carbocycles. The maximum Gasteiger partial charge on any atom is 0.0476 e. The fourth-order valence-corrected chi connectivity index (χ4v) is 3.92. The van der Waals surface area contributed by atoms with Gasteiger partial charge >= 0.3 is 0 Å². The number of nitrogens with one attached hydrogen (secondary N) is 1. The van der Waals surface area contributed by atoms with Crippen molar-refractivity contribution < 1.29 is 0 Å². The van der Waals surface area contributed by atoms with Gasteiger partial charge in [-0.15, -0.1) is 0 Å². The van der Waals surface area contributed by atoms with Gasteiger partial charge in [-0.3, -0.25) is 4.90 Å². The molecule has 1 saturated heterocycles. The van der Waals surface area contributed by atoms with Gasteiger partial charge in [-0.05, 0) is 25.3 Å². The number of benzene rings is 1. The lowest BCUT2D eigenvalue weighted by molar-refractivity contribution is 0.0763. The number of piperazine rings is 1. The predicted octanol–water partition coefficient (Wildman–Crippen LogP) is 3.74. The summed E-state index contributed by atoms with van der Waals surface area (Å²) in [7, 11) is 0. The first-order chi connectivity index (χ1) is 9.84. The lowest BCUT2D eigenvalue weighted by atomic mass is 9.96. The first kappa shape index (κ1) is 14.1. The maximum absolute atomic E-state index is 3.67. The molecular weight excluding hydrogens is 244 g/mol. The van der Waals surface area contributed by atoms with Crippen molar-refractivity contribution in [1.29, 1.82) is 0 Å². The minimum absolute atomic E-state index is 0.565. The van der Waals surface area contributed by atoms with Gasteiger partial charge in [0.05, 0.1) is 0 Å². The molecule has 0 spiro atoms. The second-order valence-corrected chi connectivity index (χ2v) is 6.58. The molecule has 3 rings (SSSR count). The summed E-state index contributed by atoms with van der Waals surface area (Å²) in [6, 6.07) is 13.1. The van der Waals surface area contributed by atoms with Crippen molar-refractivity contribution in [3.8, 4) is 0 Å². The molecule has 1 saturated carbocycles. The number of nitrogens with zero attached hydrogens (tertiary/aromatic N) is 1. The first-order valence-electron chi connectivity index (χ1n) is 8.38. The zero-order valence-corrected chi connectivity index (χ0v) is 12.7. The van der Waals surface area contributed by atoms with Crippen molar-refractivity contribution >= 4 is 0 Å². The maximum atomic E-state index is 3.67. The van der Waals surface area contributed by atoms with E-state index in [4.69, 9.17) is 0 Å². The highest BCUT2D eigenvalue weighted by atomic mass is 15.3. The van der Waals surface area contributed by atoms with Crippen molar-refractivity contribution in [2.75, 3.05) is 13.1 Å². The Labute approximate surface area is 123 Å². The van der Waals surface area contributed by atoms with E-state index in [2.05, 4.69) is 47.5 Å². The van der Waals surface area contributed by atoms with E-state index in [1.165, 1.54) is 50.6 Å². The van der Waals surface area contributed by atoms with E-state index >= 15 is 0 Å². The Balaban J connectivity index is 1.79. The van der Waals surface area contributed by atoms with Crippen LogP contribution in [0.5, 0.6) is 0 Å². The summed E-state index contributed by atoms with van der Waals surface area (Å²) in [5.74, 6) is 0. The minimum Gasteiger partial charge on any atom is -0.311 e. The van der Waals surface area contributed by atoms with E-state index < -0.39 is 0 Å². The van der Waals surface area contributed by atoms with Crippen LogP contribution >= 0.6 is 0 Å². The highest BCUT2D eigenvalue weighted by Crippen LogP contribution is 2.31. The molecule has 1 aliphatic heterocycles. The number of hydrogen-bond donors (Lipinski definition) is 1. The Hall–Kier alpha value is -0.860. The van der Waals surface area contributed by atoms with Crippen LogP contribution in [-0.2, 0) is 0 Å². The SMILES string of the molecule is CC1CN(C2CCCCCC2)C(c2ccccc2)CN1. The van der Waals surface area contributed by atoms with E-state index in [1.807, 2.05) is 0 Å². The molecule has 2 unspecified atom stereocenters. The summed E-state index contributed by atoms with van der Waals surface area (Å²) in [6.07, 6.45) is 8.52. The van der Waals surface area contributed by atoms with Crippen LogP contribution in [0.3, 0.4) is 0 Å². The molecule has 1 aromatic rings. The zero-order valence-electron chi connectivity index (χ0n) is 12.7. The van der Waals surface area contributed by atoms with Crippen LogP contribution < -0.4 is 5.32 Å². The van der Waals surface area contributed by atoms with E-state index in [1.54, 1.807) is 0 Å². The second kappa shape index (κ2) is 6.73. The third kappa shape index (κ3) is 3.24. The fraction of sp³-hybridized carbons (Fsp3) is 0.667. The Morgan fingerprint density at radius 3 is 2.40 bits per heavy atom. The van der Waals surface area contributed by atoms with Gasteiger partial charge in [-0.1, -0.05) is 56.0 Å². The van der Waals surface area contributed by atoms with E-state index in [-0.39, 0.29) is 0 Å². The normalized spacial score (nSPS) is 30.1. The van der Waals surface area contributed by atoms with Crippen LogP contribution in [0.15, 0.2) is 30.3 Å². The zero-order chi connectivity index (χ0) is 13.8. The van der Waals surface area contributed by atoms with Crippen LogP contribution in [-0.4, -0.2) is 30.1 Å². The Kier molecular flexibility index (Phi) is 4.74. The molecule has 2 nitrogen and oxygen atoms in total. The fourth-order valence-electron chi connectivity index (χ4n) is 3.92. The quantitative estimate of drug-likeness (QED) is 0.825. The molecule has 0 aromatic heterocycles. The van der Waals surface area contributed by atoms with Crippen LogP contribution in [0, 0.1) is 0 Å². The standard InChI is InChI=1S/C18H28N2/c1-15-14-20(17-11-7-2-3-8-12-17)18(13-19-15)16-9-5-4-6-10-16/h4-6,9-10,15,17-19H,2-3,7-8,11-14H2,1H3. The van der Waals surface area contributed by atoms with E-state index in [0.717, 1.165) is 12.6 Å². The average molecular weight is 272 g/mol. The largest absolute Gasteiger partial charge is 0.311 e. The topological polar surface area (TPSA) is 15.3 Å². The molecule has 0 radical (unpaired) electrons. The van der Waals surface area contributed by atoms with Crippen molar-refractivity contribution in [3.63, 3.8) is 0 Å². The highest BCUT2D eigenvalue weighted by Gasteiger charge is 2.32. The summed E-state index contributed by atoms with van der Waals surface area (Å²) >= 11 is 0. The summed E-state index contributed by atoms with van der Waals surface area (Å²) in [4.78, 5) is 2.81. The highest BCUT2D eigenvalue weighted by molar-refractivity contribution is 5.20. The Morgan fingerprint density at radius 2 is 1.70 bits per heavy atom. The van der Waals surface area contributed by atoms with Crippen LogP contribution in [0.25, 0.3) is 0 Å². The van der Waals surface area contributed by atoms with Crippen molar-refractivity contribution in [1.82, 2.24) is 10.2 Å². The minimum atomic E-state index is 0.565. The summed E-state index contributed by atoms with van der Waals surface area (Å²) in [6.45, 7) is 4.62. The van der Waals surface area contributed by atoms with Gasteiger partial charge < -0.3 is 5.32 Å². The lowest BCUT2D eigenvalue weighted by Gasteiger charge is -2.44. The Morgan fingerprint density at radius 1 is 1.00 bits per heavy atom.